The highest BCUT2D eigenvalue weighted by Gasteiger charge is 2.22. The second-order valence-electron chi connectivity index (χ2n) is 4.29. The van der Waals surface area contributed by atoms with Gasteiger partial charge in [0.25, 0.3) is 0 Å². The largest absolute Gasteiger partial charge is 0.317 e. The second-order valence-corrected chi connectivity index (χ2v) is 5.27. The Hall–Kier alpha value is -0.380. The maximum absolute atomic E-state index is 3.37. The molecule has 1 aromatic heterocycles. The summed E-state index contributed by atoms with van der Waals surface area (Å²) in [5.74, 6) is 0. The van der Waals surface area contributed by atoms with E-state index in [4.69, 9.17) is 0 Å². The van der Waals surface area contributed by atoms with Crippen LogP contribution in [0.2, 0.25) is 0 Å². The first-order valence-corrected chi connectivity index (χ1v) is 6.64. The maximum atomic E-state index is 3.37. The third kappa shape index (κ3) is 2.60. The molecule has 0 spiro atoms. The molecule has 1 aromatic rings. The van der Waals surface area contributed by atoms with Crippen LogP contribution in [0.3, 0.4) is 0 Å². The molecule has 1 fully saturated rings. The van der Waals surface area contributed by atoms with E-state index < -0.39 is 0 Å². The first kappa shape index (κ1) is 11.1. The van der Waals surface area contributed by atoms with Crippen LogP contribution in [-0.4, -0.2) is 31.1 Å². The third-order valence-electron chi connectivity index (χ3n) is 3.44. The molecule has 1 aliphatic rings. The molecule has 84 valence electrons. The van der Waals surface area contributed by atoms with Crippen molar-refractivity contribution < 1.29 is 0 Å². The Balaban J connectivity index is 1.90. The van der Waals surface area contributed by atoms with Gasteiger partial charge in [-0.25, -0.2) is 0 Å². The number of thiophene rings is 1. The molecular weight excluding hydrogens is 204 g/mol. The van der Waals surface area contributed by atoms with Gasteiger partial charge in [0.15, 0.2) is 0 Å². The predicted molar refractivity (Wildman–Crippen MR) is 66.4 cm³/mol. The van der Waals surface area contributed by atoms with Crippen LogP contribution in [0.25, 0.3) is 0 Å². The summed E-state index contributed by atoms with van der Waals surface area (Å²) < 4.78 is 0. The van der Waals surface area contributed by atoms with E-state index in [1.807, 2.05) is 11.3 Å². The molecule has 0 radical (unpaired) electrons. The zero-order chi connectivity index (χ0) is 10.7. The van der Waals surface area contributed by atoms with E-state index in [1.165, 1.54) is 30.8 Å². The van der Waals surface area contributed by atoms with E-state index in [2.05, 4.69) is 41.7 Å². The summed E-state index contributed by atoms with van der Waals surface area (Å²) in [5, 5.41) is 5.55. The topological polar surface area (TPSA) is 15.3 Å². The van der Waals surface area contributed by atoms with Gasteiger partial charge < -0.3 is 5.32 Å². The molecule has 1 aliphatic heterocycles. The van der Waals surface area contributed by atoms with E-state index in [-0.39, 0.29) is 0 Å². The Bertz CT molecular complexity index is 276. The number of hydrogen-bond donors (Lipinski definition) is 1. The van der Waals surface area contributed by atoms with Crippen LogP contribution in [0.1, 0.15) is 30.7 Å². The number of piperidine rings is 1. The van der Waals surface area contributed by atoms with Crippen molar-refractivity contribution in [3.05, 3.63) is 22.4 Å². The van der Waals surface area contributed by atoms with Crippen LogP contribution in [-0.2, 0) is 0 Å². The molecule has 1 N–H and O–H groups in total. The minimum Gasteiger partial charge on any atom is -0.317 e. The number of likely N-dealkylation sites (tertiary alicyclic amines) is 1. The lowest BCUT2D eigenvalue weighted by molar-refractivity contribution is 0.157. The molecule has 1 atom stereocenters. The van der Waals surface area contributed by atoms with Gasteiger partial charge >= 0.3 is 0 Å². The number of hydrogen-bond acceptors (Lipinski definition) is 3. The molecule has 0 bridgehead atoms. The Morgan fingerprint density at radius 3 is 2.73 bits per heavy atom. The zero-order valence-electron chi connectivity index (χ0n) is 9.57. The van der Waals surface area contributed by atoms with Crippen LogP contribution in [0.15, 0.2) is 17.5 Å². The zero-order valence-corrected chi connectivity index (χ0v) is 10.4. The normalized spacial score (nSPS) is 21.7. The monoisotopic (exact) mass is 224 g/mol. The highest BCUT2D eigenvalue weighted by atomic mass is 32.1. The summed E-state index contributed by atoms with van der Waals surface area (Å²) in [4.78, 5) is 4.09. The lowest BCUT2D eigenvalue weighted by Crippen LogP contribution is -2.41. The molecule has 0 aliphatic carbocycles. The van der Waals surface area contributed by atoms with Crippen molar-refractivity contribution in [3.8, 4) is 0 Å². The van der Waals surface area contributed by atoms with Crippen LogP contribution in [0, 0.1) is 0 Å². The fourth-order valence-electron chi connectivity index (χ4n) is 2.28. The Kier molecular flexibility index (Phi) is 3.78. The molecule has 2 heterocycles. The lowest BCUT2D eigenvalue weighted by atomic mass is 10.0. The first-order chi connectivity index (χ1) is 7.31. The van der Waals surface area contributed by atoms with Gasteiger partial charge in [-0.3, -0.25) is 4.90 Å². The number of nitrogens with one attached hydrogen (secondary N) is 1. The summed E-state index contributed by atoms with van der Waals surface area (Å²) in [5.41, 5.74) is 0. The fraction of sp³-hybridized carbons (Fsp3) is 0.667. The van der Waals surface area contributed by atoms with Crippen molar-refractivity contribution >= 4 is 11.3 Å². The third-order valence-corrected chi connectivity index (χ3v) is 4.48. The highest BCUT2D eigenvalue weighted by Crippen LogP contribution is 2.27. The van der Waals surface area contributed by atoms with Gasteiger partial charge in [0.1, 0.15) is 0 Å². The number of rotatable bonds is 3. The molecule has 0 amide bonds. The summed E-state index contributed by atoms with van der Waals surface area (Å²) in [6.07, 6.45) is 2.57. The average molecular weight is 224 g/mol. The van der Waals surface area contributed by atoms with Crippen LogP contribution >= 0.6 is 11.3 Å². The van der Waals surface area contributed by atoms with E-state index in [0.717, 1.165) is 6.04 Å². The van der Waals surface area contributed by atoms with Crippen LogP contribution < -0.4 is 5.32 Å². The molecule has 2 nitrogen and oxygen atoms in total. The predicted octanol–water partition coefficient (Wildman–Crippen LogP) is 2.49. The molecule has 0 saturated carbocycles. The molecule has 2 rings (SSSR count). The summed E-state index contributed by atoms with van der Waals surface area (Å²) >= 11 is 1.87. The van der Waals surface area contributed by atoms with E-state index in [0.29, 0.717) is 6.04 Å². The first-order valence-electron chi connectivity index (χ1n) is 5.76. The highest BCUT2D eigenvalue weighted by molar-refractivity contribution is 7.10. The Labute approximate surface area is 96.3 Å². The smallest absolute Gasteiger partial charge is 0.0413 e. The minimum atomic E-state index is 0.600. The van der Waals surface area contributed by atoms with E-state index in [1.54, 1.807) is 0 Å². The standard InChI is InChI=1S/C12H20N2S/c1-10(12-4-3-9-15-12)14-7-5-11(13-2)6-8-14/h3-4,9-11,13H,5-8H2,1-2H3. The van der Waals surface area contributed by atoms with Gasteiger partial charge in [-0.1, -0.05) is 6.07 Å². The summed E-state index contributed by atoms with van der Waals surface area (Å²) in [6, 6.07) is 5.73. The second kappa shape index (κ2) is 5.10. The molecule has 0 aromatic carbocycles. The minimum absolute atomic E-state index is 0.600. The SMILES string of the molecule is CNC1CCN(C(C)c2cccs2)CC1. The maximum Gasteiger partial charge on any atom is 0.0413 e. The molecule has 1 saturated heterocycles. The van der Waals surface area contributed by atoms with E-state index >= 15 is 0 Å². The average Bonchev–Trinajstić information content (AvgIpc) is 2.82. The van der Waals surface area contributed by atoms with Crippen molar-refractivity contribution in [1.29, 1.82) is 0 Å². The van der Waals surface area contributed by atoms with Crippen molar-refractivity contribution in [2.45, 2.75) is 31.8 Å². The Morgan fingerprint density at radius 1 is 1.47 bits per heavy atom. The van der Waals surface area contributed by atoms with Crippen LogP contribution in [0.5, 0.6) is 0 Å². The summed E-state index contributed by atoms with van der Waals surface area (Å²) in [6.45, 7) is 4.78. The van der Waals surface area contributed by atoms with Gasteiger partial charge in [0, 0.05) is 30.1 Å². The van der Waals surface area contributed by atoms with Gasteiger partial charge in [-0.2, -0.15) is 0 Å². The molecule has 15 heavy (non-hydrogen) atoms. The molecule has 3 heteroatoms. The quantitative estimate of drug-likeness (QED) is 0.848. The van der Waals surface area contributed by atoms with Crippen molar-refractivity contribution in [2.24, 2.45) is 0 Å². The molecule has 1 unspecified atom stereocenters. The van der Waals surface area contributed by atoms with Gasteiger partial charge in [-0.05, 0) is 38.3 Å². The van der Waals surface area contributed by atoms with Crippen molar-refractivity contribution in [3.63, 3.8) is 0 Å². The van der Waals surface area contributed by atoms with Crippen molar-refractivity contribution in [1.82, 2.24) is 10.2 Å². The Morgan fingerprint density at radius 2 is 2.20 bits per heavy atom. The number of nitrogens with zero attached hydrogens (tertiary/aromatic N) is 1. The van der Waals surface area contributed by atoms with Gasteiger partial charge in [-0.15, -0.1) is 11.3 Å². The lowest BCUT2D eigenvalue weighted by Gasteiger charge is -2.35. The van der Waals surface area contributed by atoms with E-state index in [9.17, 15) is 0 Å². The molecular formula is C12H20N2S. The van der Waals surface area contributed by atoms with Gasteiger partial charge in [0.05, 0.1) is 0 Å². The van der Waals surface area contributed by atoms with Crippen LogP contribution in [0.4, 0.5) is 0 Å². The van der Waals surface area contributed by atoms with Gasteiger partial charge in [0.2, 0.25) is 0 Å². The summed E-state index contributed by atoms with van der Waals surface area (Å²) in [7, 11) is 2.07. The fourth-order valence-corrected chi connectivity index (χ4v) is 3.10. The van der Waals surface area contributed by atoms with Crippen molar-refractivity contribution in [2.75, 3.05) is 20.1 Å².